The molecule has 0 bridgehead atoms. The topological polar surface area (TPSA) is 81.6 Å². The van der Waals surface area contributed by atoms with Gasteiger partial charge in [0.1, 0.15) is 5.54 Å². The molecule has 0 saturated heterocycles. The van der Waals surface area contributed by atoms with Crippen molar-refractivity contribution in [1.29, 1.82) is 0 Å². The molecule has 0 aliphatic rings. The van der Waals surface area contributed by atoms with Gasteiger partial charge in [-0.25, -0.2) is 0 Å². The van der Waals surface area contributed by atoms with E-state index >= 15 is 0 Å². The van der Waals surface area contributed by atoms with E-state index in [0.29, 0.717) is 13.2 Å². The molecule has 0 aromatic heterocycles. The minimum atomic E-state index is -0.980. The summed E-state index contributed by atoms with van der Waals surface area (Å²) < 4.78 is 5.39. The predicted molar refractivity (Wildman–Crippen MR) is 60.4 cm³/mol. The normalized spacial score (nSPS) is 15.7. The molecule has 0 aliphatic carbocycles. The lowest BCUT2D eigenvalue weighted by molar-refractivity contribution is -0.123. The van der Waals surface area contributed by atoms with Crippen LogP contribution in [0.3, 0.4) is 0 Å². The van der Waals surface area contributed by atoms with Crippen LogP contribution in [0.4, 0.5) is 0 Å². The van der Waals surface area contributed by atoms with Crippen molar-refractivity contribution in [3.63, 3.8) is 0 Å². The van der Waals surface area contributed by atoms with E-state index in [4.69, 9.17) is 16.2 Å². The minimum Gasteiger partial charge on any atom is -0.377 e. The Hall–Kier alpha value is -0.650. The fraction of sp³-hybridized carbons (Fsp3) is 0.900. The highest BCUT2D eigenvalue weighted by Gasteiger charge is 2.26. The van der Waals surface area contributed by atoms with E-state index in [1.807, 2.05) is 25.8 Å². The number of rotatable bonds is 7. The summed E-state index contributed by atoms with van der Waals surface area (Å²) in [4.78, 5) is 12.9. The first-order chi connectivity index (χ1) is 6.75. The first kappa shape index (κ1) is 14.3. The zero-order chi connectivity index (χ0) is 12.1. The summed E-state index contributed by atoms with van der Waals surface area (Å²) in [7, 11) is 1.89. The third-order valence-electron chi connectivity index (χ3n) is 2.09. The molecular weight excluding hydrogens is 194 g/mol. The van der Waals surface area contributed by atoms with Crippen LogP contribution in [0.5, 0.6) is 0 Å². The third kappa shape index (κ3) is 6.43. The van der Waals surface area contributed by atoms with Crippen molar-refractivity contribution in [2.24, 2.45) is 11.5 Å². The van der Waals surface area contributed by atoms with Crippen LogP contribution >= 0.6 is 0 Å². The van der Waals surface area contributed by atoms with Crippen LogP contribution in [0.15, 0.2) is 0 Å². The Morgan fingerprint density at radius 1 is 1.53 bits per heavy atom. The van der Waals surface area contributed by atoms with E-state index in [1.54, 1.807) is 6.92 Å². The second kappa shape index (κ2) is 6.05. The summed E-state index contributed by atoms with van der Waals surface area (Å²) in [5.41, 5.74) is 9.93. The Bertz CT molecular complexity index is 205. The Kier molecular flexibility index (Phi) is 5.79. The number of hydrogen-bond donors (Lipinski definition) is 2. The van der Waals surface area contributed by atoms with Crippen LogP contribution in [-0.4, -0.2) is 49.2 Å². The van der Waals surface area contributed by atoms with Crippen LogP contribution in [0.25, 0.3) is 0 Å². The number of ether oxygens (including phenoxy) is 1. The second-order valence-corrected chi connectivity index (χ2v) is 4.44. The van der Waals surface area contributed by atoms with Crippen molar-refractivity contribution >= 4 is 5.91 Å². The van der Waals surface area contributed by atoms with Gasteiger partial charge in [0.15, 0.2) is 0 Å². The molecule has 0 heterocycles. The highest BCUT2D eigenvalue weighted by Crippen LogP contribution is 2.00. The lowest BCUT2D eigenvalue weighted by Gasteiger charge is -2.27. The van der Waals surface area contributed by atoms with Crippen molar-refractivity contribution in [2.75, 3.05) is 26.7 Å². The van der Waals surface area contributed by atoms with Crippen LogP contribution in [0.2, 0.25) is 0 Å². The zero-order valence-electron chi connectivity index (χ0n) is 10.1. The monoisotopic (exact) mass is 217 g/mol. The van der Waals surface area contributed by atoms with Crippen molar-refractivity contribution in [3.8, 4) is 0 Å². The number of carbonyl (C=O) groups is 1. The minimum absolute atomic E-state index is 0.221. The highest BCUT2D eigenvalue weighted by atomic mass is 16.5. The average molecular weight is 217 g/mol. The van der Waals surface area contributed by atoms with Gasteiger partial charge in [-0.3, -0.25) is 4.79 Å². The summed E-state index contributed by atoms with van der Waals surface area (Å²) in [6.45, 7) is 7.40. The SMILES string of the molecule is CC(C)OCCN(C)CC(C)(N)C(N)=O. The van der Waals surface area contributed by atoms with Crippen LogP contribution in [0.1, 0.15) is 20.8 Å². The molecule has 1 amide bonds. The van der Waals surface area contributed by atoms with E-state index in [-0.39, 0.29) is 6.10 Å². The van der Waals surface area contributed by atoms with Gasteiger partial charge in [-0.05, 0) is 27.8 Å². The lowest BCUT2D eigenvalue weighted by atomic mass is 10.0. The molecule has 0 radical (unpaired) electrons. The molecule has 0 aromatic rings. The number of amides is 1. The maximum Gasteiger partial charge on any atom is 0.238 e. The molecule has 0 aliphatic heterocycles. The Balaban J connectivity index is 3.83. The Morgan fingerprint density at radius 2 is 2.07 bits per heavy atom. The van der Waals surface area contributed by atoms with Gasteiger partial charge in [0.2, 0.25) is 5.91 Å². The first-order valence-corrected chi connectivity index (χ1v) is 5.14. The molecule has 0 saturated carbocycles. The van der Waals surface area contributed by atoms with Gasteiger partial charge in [0.05, 0.1) is 12.7 Å². The van der Waals surface area contributed by atoms with Crippen molar-refractivity contribution < 1.29 is 9.53 Å². The molecule has 0 fully saturated rings. The smallest absolute Gasteiger partial charge is 0.238 e. The zero-order valence-corrected chi connectivity index (χ0v) is 10.1. The predicted octanol–water partition coefficient (Wildman–Crippen LogP) is -0.454. The van der Waals surface area contributed by atoms with Gasteiger partial charge >= 0.3 is 0 Å². The summed E-state index contributed by atoms with van der Waals surface area (Å²) in [6.07, 6.45) is 0.221. The van der Waals surface area contributed by atoms with Gasteiger partial charge in [-0.1, -0.05) is 0 Å². The van der Waals surface area contributed by atoms with Crippen LogP contribution in [-0.2, 0) is 9.53 Å². The summed E-state index contributed by atoms with van der Waals surface area (Å²) >= 11 is 0. The van der Waals surface area contributed by atoms with Crippen LogP contribution < -0.4 is 11.5 Å². The molecule has 90 valence electrons. The van der Waals surface area contributed by atoms with E-state index in [9.17, 15) is 4.79 Å². The van der Waals surface area contributed by atoms with Gasteiger partial charge in [-0.2, -0.15) is 0 Å². The lowest BCUT2D eigenvalue weighted by Crippen LogP contribution is -2.56. The maximum absolute atomic E-state index is 11.0. The van der Waals surface area contributed by atoms with Gasteiger partial charge in [0.25, 0.3) is 0 Å². The number of nitrogens with two attached hydrogens (primary N) is 2. The first-order valence-electron chi connectivity index (χ1n) is 5.14. The average Bonchev–Trinajstić information content (AvgIpc) is 2.01. The van der Waals surface area contributed by atoms with E-state index in [2.05, 4.69) is 0 Å². The number of likely N-dealkylation sites (N-methyl/N-ethyl adjacent to an activating group) is 1. The highest BCUT2D eigenvalue weighted by molar-refractivity contribution is 5.84. The molecule has 1 unspecified atom stereocenters. The number of carbonyl (C=O) groups excluding carboxylic acids is 1. The van der Waals surface area contributed by atoms with Gasteiger partial charge < -0.3 is 21.1 Å². The second-order valence-electron chi connectivity index (χ2n) is 4.44. The third-order valence-corrected chi connectivity index (χ3v) is 2.09. The molecular formula is C10H23N3O2. The van der Waals surface area contributed by atoms with E-state index in [1.165, 1.54) is 0 Å². The van der Waals surface area contributed by atoms with Crippen molar-refractivity contribution in [1.82, 2.24) is 4.90 Å². The Morgan fingerprint density at radius 3 is 2.47 bits per heavy atom. The number of nitrogens with zero attached hydrogens (tertiary/aromatic N) is 1. The summed E-state index contributed by atoms with van der Waals surface area (Å²) in [6, 6.07) is 0. The molecule has 0 rings (SSSR count). The van der Waals surface area contributed by atoms with E-state index in [0.717, 1.165) is 6.54 Å². The molecule has 1 atom stereocenters. The quantitative estimate of drug-likeness (QED) is 0.605. The number of hydrogen-bond acceptors (Lipinski definition) is 4. The maximum atomic E-state index is 11.0. The standard InChI is InChI=1S/C10H23N3O2/c1-8(2)15-6-5-13(4)7-10(3,12)9(11)14/h8H,5-7,12H2,1-4H3,(H2,11,14). The molecule has 0 spiro atoms. The summed E-state index contributed by atoms with van der Waals surface area (Å²) in [5, 5.41) is 0. The summed E-state index contributed by atoms with van der Waals surface area (Å²) in [5.74, 6) is -0.487. The fourth-order valence-electron chi connectivity index (χ4n) is 1.16. The molecule has 4 N–H and O–H groups in total. The molecule has 5 heteroatoms. The molecule has 15 heavy (non-hydrogen) atoms. The van der Waals surface area contributed by atoms with Crippen LogP contribution in [0, 0.1) is 0 Å². The van der Waals surface area contributed by atoms with E-state index < -0.39 is 11.4 Å². The Labute approximate surface area is 91.7 Å². The number of primary amides is 1. The van der Waals surface area contributed by atoms with Gasteiger partial charge in [0, 0.05) is 13.1 Å². The fourth-order valence-corrected chi connectivity index (χ4v) is 1.16. The van der Waals surface area contributed by atoms with Crippen molar-refractivity contribution in [3.05, 3.63) is 0 Å². The molecule has 5 nitrogen and oxygen atoms in total. The van der Waals surface area contributed by atoms with Crippen molar-refractivity contribution in [2.45, 2.75) is 32.4 Å². The molecule has 0 aromatic carbocycles. The van der Waals surface area contributed by atoms with Gasteiger partial charge in [-0.15, -0.1) is 0 Å². The largest absolute Gasteiger partial charge is 0.377 e.